The van der Waals surface area contributed by atoms with Crippen LogP contribution in [0.15, 0.2) is 36.5 Å². The molecule has 0 bridgehead atoms. The summed E-state index contributed by atoms with van der Waals surface area (Å²) >= 11 is 0. The number of nitrogens with zero attached hydrogens (tertiary/aromatic N) is 3. The van der Waals surface area contributed by atoms with Crippen molar-refractivity contribution in [3.8, 4) is 0 Å². The van der Waals surface area contributed by atoms with Crippen LogP contribution in [0.5, 0.6) is 0 Å². The summed E-state index contributed by atoms with van der Waals surface area (Å²) < 4.78 is 2.06. The molecule has 1 aliphatic rings. The first-order valence-electron chi connectivity index (χ1n) is 9.80. The minimum absolute atomic E-state index is 0.116. The molecule has 0 aliphatic heterocycles. The molecular weight excluding hydrogens is 368 g/mol. The van der Waals surface area contributed by atoms with Crippen LogP contribution in [0, 0.1) is 0 Å². The molecule has 2 heterocycles. The minimum Gasteiger partial charge on any atom is -0.355 e. The summed E-state index contributed by atoms with van der Waals surface area (Å²) in [6.07, 6.45) is 6.14. The molecule has 2 aromatic heterocycles. The highest BCUT2D eigenvalue weighted by Gasteiger charge is 2.25. The Hall–Kier alpha value is -3.42. The third-order valence-corrected chi connectivity index (χ3v) is 5.36. The lowest BCUT2D eigenvalue weighted by molar-refractivity contribution is 0.0948. The molecule has 8 heteroatoms. The number of aromatic nitrogens is 3. The molecule has 2 amide bonds. The Labute approximate surface area is 168 Å². The van der Waals surface area contributed by atoms with Crippen LogP contribution < -0.4 is 16.0 Å². The van der Waals surface area contributed by atoms with Gasteiger partial charge in [0.1, 0.15) is 11.3 Å². The summed E-state index contributed by atoms with van der Waals surface area (Å²) in [5.41, 5.74) is 2.74. The van der Waals surface area contributed by atoms with Crippen LogP contribution in [0.1, 0.15) is 52.6 Å². The van der Waals surface area contributed by atoms with Gasteiger partial charge in [-0.15, -0.1) is 0 Å². The number of benzene rings is 1. The van der Waals surface area contributed by atoms with Gasteiger partial charge in [0, 0.05) is 43.0 Å². The van der Waals surface area contributed by atoms with Crippen LogP contribution in [0.3, 0.4) is 0 Å². The van der Waals surface area contributed by atoms with Crippen molar-refractivity contribution in [1.29, 1.82) is 0 Å². The smallest absolute Gasteiger partial charge is 0.267 e. The van der Waals surface area contributed by atoms with Crippen molar-refractivity contribution in [3.05, 3.63) is 47.8 Å². The van der Waals surface area contributed by atoms with Gasteiger partial charge in [-0.2, -0.15) is 4.98 Å². The summed E-state index contributed by atoms with van der Waals surface area (Å²) in [6.45, 7) is 0. The zero-order valence-electron chi connectivity index (χ0n) is 16.5. The molecule has 29 heavy (non-hydrogen) atoms. The van der Waals surface area contributed by atoms with Crippen molar-refractivity contribution < 1.29 is 9.59 Å². The van der Waals surface area contributed by atoms with Crippen molar-refractivity contribution >= 4 is 34.5 Å². The molecule has 8 nitrogen and oxygen atoms in total. The monoisotopic (exact) mass is 392 g/mol. The normalized spacial score (nSPS) is 14.1. The Balaban J connectivity index is 1.68. The average Bonchev–Trinajstić information content (AvgIpc) is 3.40. The molecule has 1 fully saturated rings. The maximum absolute atomic E-state index is 12.4. The molecule has 0 unspecified atom stereocenters. The molecule has 0 saturated heterocycles. The molecule has 3 aromatic rings. The maximum atomic E-state index is 12.4. The van der Waals surface area contributed by atoms with Gasteiger partial charge in [0.05, 0.1) is 0 Å². The van der Waals surface area contributed by atoms with Crippen LogP contribution in [0.4, 0.5) is 11.6 Å². The number of carbonyl (C=O) groups is 2. The highest BCUT2D eigenvalue weighted by atomic mass is 16.2. The van der Waals surface area contributed by atoms with Crippen molar-refractivity contribution in [2.24, 2.45) is 0 Å². The summed E-state index contributed by atoms with van der Waals surface area (Å²) in [7, 11) is 3.24. The Bertz CT molecular complexity index is 1050. The summed E-state index contributed by atoms with van der Waals surface area (Å²) in [5, 5.41) is 9.35. The second-order valence-corrected chi connectivity index (χ2v) is 7.17. The SMILES string of the molecule is CNC(=O)c1ccc(Nc2ncc3cc(C(=O)NC)n(C4CCCC4)c3n2)cc1. The van der Waals surface area contributed by atoms with E-state index < -0.39 is 0 Å². The second kappa shape index (κ2) is 7.90. The van der Waals surface area contributed by atoms with E-state index in [1.807, 2.05) is 18.2 Å². The van der Waals surface area contributed by atoms with Gasteiger partial charge in [-0.05, 0) is 43.2 Å². The second-order valence-electron chi connectivity index (χ2n) is 7.17. The molecule has 1 saturated carbocycles. The minimum atomic E-state index is -0.134. The van der Waals surface area contributed by atoms with Gasteiger partial charge < -0.3 is 20.5 Å². The van der Waals surface area contributed by atoms with E-state index in [2.05, 4.69) is 25.5 Å². The lowest BCUT2D eigenvalue weighted by Gasteiger charge is -2.16. The van der Waals surface area contributed by atoms with Crippen LogP contribution in [-0.4, -0.2) is 40.4 Å². The third-order valence-electron chi connectivity index (χ3n) is 5.36. The first-order chi connectivity index (χ1) is 14.1. The summed E-state index contributed by atoms with van der Waals surface area (Å²) in [6, 6.07) is 9.23. The summed E-state index contributed by atoms with van der Waals surface area (Å²) in [4.78, 5) is 33.2. The molecule has 1 aromatic carbocycles. The van der Waals surface area contributed by atoms with E-state index in [0.29, 0.717) is 17.2 Å². The van der Waals surface area contributed by atoms with E-state index in [1.54, 1.807) is 32.4 Å². The molecule has 0 spiro atoms. The standard InChI is InChI=1S/C21H24N6O2/c1-22-19(28)13-7-9-15(10-8-13)25-21-24-12-14-11-17(20(29)23-2)27(18(14)26-21)16-5-3-4-6-16/h7-12,16H,3-6H2,1-2H3,(H,22,28)(H,23,29)(H,24,25,26). The van der Waals surface area contributed by atoms with E-state index in [9.17, 15) is 9.59 Å². The van der Waals surface area contributed by atoms with Gasteiger partial charge in [0.2, 0.25) is 5.95 Å². The van der Waals surface area contributed by atoms with Crippen molar-refractivity contribution in [3.63, 3.8) is 0 Å². The van der Waals surface area contributed by atoms with E-state index in [4.69, 9.17) is 4.98 Å². The predicted octanol–water partition coefficient (Wildman–Crippen LogP) is 3.01. The van der Waals surface area contributed by atoms with Crippen molar-refractivity contribution in [2.45, 2.75) is 31.7 Å². The largest absolute Gasteiger partial charge is 0.355 e. The lowest BCUT2D eigenvalue weighted by atomic mass is 10.2. The van der Waals surface area contributed by atoms with E-state index in [0.717, 1.165) is 42.4 Å². The topological polar surface area (TPSA) is 101 Å². The molecule has 0 radical (unpaired) electrons. The quantitative estimate of drug-likeness (QED) is 0.620. The fourth-order valence-electron chi connectivity index (χ4n) is 3.88. The first-order valence-corrected chi connectivity index (χ1v) is 9.80. The number of anilines is 2. The van der Waals surface area contributed by atoms with Gasteiger partial charge in [-0.1, -0.05) is 12.8 Å². The van der Waals surface area contributed by atoms with Crippen LogP contribution in [-0.2, 0) is 0 Å². The number of hydrogen-bond donors (Lipinski definition) is 3. The summed E-state index contributed by atoms with van der Waals surface area (Å²) in [5.74, 6) is 0.200. The molecular formula is C21H24N6O2. The van der Waals surface area contributed by atoms with Gasteiger partial charge in [0.15, 0.2) is 0 Å². The van der Waals surface area contributed by atoms with Crippen molar-refractivity contribution in [1.82, 2.24) is 25.2 Å². The number of nitrogens with one attached hydrogen (secondary N) is 3. The fraction of sp³-hybridized carbons (Fsp3) is 0.333. The van der Waals surface area contributed by atoms with Gasteiger partial charge >= 0.3 is 0 Å². The van der Waals surface area contributed by atoms with E-state index in [1.165, 1.54) is 0 Å². The molecule has 1 aliphatic carbocycles. The van der Waals surface area contributed by atoms with Gasteiger partial charge in [-0.25, -0.2) is 4.98 Å². The fourth-order valence-corrected chi connectivity index (χ4v) is 3.88. The third kappa shape index (κ3) is 3.65. The molecule has 3 N–H and O–H groups in total. The Morgan fingerprint density at radius 1 is 1.03 bits per heavy atom. The molecule has 150 valence electrons. The zero-order chi connectivity index (χ0) is 20.4. The van der Waals surface area contributed by atoms with Crippen LogP contribution in [0.25, 0.3) is 11.0 Å². The number of amides is 2. The molecule has 0 atom stereocenters. The molecule has 4 rings (SSSR count). The Kier molecular flexibility index (Phi) is 5.16. The number of rotatable bonds is 5. The predicted molar refractivity (Wildman–Crippen MR) is 112 cm³/mol. The first kappa shape index (κ1) is 18.9. The average molecular weight is 392 g/mol. The van der Waals surface area contributed by atoms with Crippen LogP contribution in [0.2, 0.25) is 0 Å². The van der Waals surface area contributed by atoms with Gasteiger partial charge in [-0.3, -0.25) is 9.59 Å². The van der Waals surface area contributed by atoms with Crippen molar-refractivity contribution in [2.75, 3.05) is 19.4 Å². The lowest BCUT2D eigenvalue weighted by Crippen LogP contribution is -2.23. The highest BCUT2D eigenvalue weighted by molar-refractivity contribution is 5.98. The highest BCUT2D eigenvalue weighted by Crippen LogP contribution is 2.34. The maximum Gasteiger partial charge on any atom is 0.267 e. The number of hydrogen-bond acceptors (Lipinski definition) is 5. The zero-order valence-corrected chi connectivity index (χ0v) is 16.5. The van der Waals surface area contributed by atoms with E-state index >= 15 is 0 Å². The number of fused-ring (bicyclic) bond motifs is 1. The van der Waals surface area contributed by atoms with Gasteiger partial charge in [0.25, 0.3) is 11.8 Å². The number of carbonyl (C=O) groups excluding carboxylic acids is 2. The Morgan fingerprint density at radius 3 is 2.38 bits per heavy atom. The van der Waals surface area contributed by atoms with E-state index in [-0.39, 0.29) is 17.9 Å². The van der Waals surface area contributed by atoms with Crippen LogP contribution >= 0.6 is 0 Å². The Morgan fingerprint density at radius 2 is 1.72 bits per heavy atom.